The second-order valence-corrected chi connectivity index (χ2v) is 4.99. The number of carbonyl (C=O) groups is 1. The van der Waals surface area contributed by atoms with E-state index < -0.39 is 0 Å². The summed E-state index contributed by atoms with van der Waals surface area (Å²) in [5, 5.41) is 2.89. The van der Waals surface area contributed by atoms with E-state index in [0.29, 0.717) is 0 Å². The molecule has 84 valence electrons. The number of hydrogen-bond donors (Lipinski definition) is 1. The van der Waals surface area contributed by atoms with Gasteiger partial charge in [0, 0.05) is 17.1 Å². The van der Waals surface area contributed by atoms with Gasteiger partial charge < -0.3 is 5.32 Å². The molecule has 0 aromatic heterocycles. The average Bonchev–Trinajstić information content (AvgIpc) is 3.09. The summed E-state index contributed by atoms with van der Waals surface area (Å²) in [7, 11) is 0. The molecule has 1 aromatic carbocycles. The van der Waals surface area contributed by atoms with Crippen molar-refractivity contribution >= 4 is 27.9 Å². The van der Waals surface area contributed by atoms with Gasteiger partial charge >= 0.3 is 0 Å². The van der Waals surface area contributed by atoms with E-state index in [1.165, 1.54) is 12.8 Å². The molecule has 0 radical (unpaired) electrons. The van der Waals surface area contributed by atoms with Crippen LogP contribution in [0.25, 0.3) is 6.08 Å². The van der Waals surface area contributed by atoms with Gasteiger partial charge in [0.25, 0.3) is 0 Å². The largest absolute Gasteiger partial charge is 0.352 e. The first-order valence-corrected chi connectivity index (χ1v) is 6.25. The number of amides is 1. The van der Waals surface area contributed by atoms with E-state index in [2.05, 4.69) is 21.2 Å². The van der Waals surface area contributed by atoms with Gasteiger partial charge in [0.15, 0.2) is 0 Å². The Morgan fingerprint density at radius 3 is 2.69 bits per heavy atom. The second-order valence-electron chi connectivity index (χ2n) is 4.07. The molecular formula is C13H14BrNO. The third kappa shape index (κ3) is 3.81. The van der Waals surface area contributed by atoms with Crippen molar-refractivity contribution in [3.8, 4) is 0 Å². The van der Waals surface area contributed by atoms with E-state index in [1.54, 1.807) is 6.08 Å². The second kappa shape index (κ2) is 5.30. The zero-order chi connectivity index (χ0) is 11.4. The number of halogens is 1. The van der Waals surface area contributed by atoms with Crippen molar-refractivity contribution in [2.75, 3.05) is 6.54 Å². The van der Waals surface area contributed by atoms with Crippen LogP contribution >= 0.6 is 15.9 Å². The first-order valence-electron chi connectivity index (χ1n) is 5.45. The Balaban J connectivity index is 1.82. The molecule has 0 bridgehead atoms. The van der Waals surface area contributed by atoms with E-state index in [1.807, 2.05) is 30.3 Å². The number of benzene rings is 1. The van der Waals surface area contributed by atoms with Crippen LogP contribution in [0.5, 0.6) is 0 Å². The molecule has 1 aliphatic rings. The van der Waals surface area contributed by atoms with Gasteiger partial charge in [-0.3, -0.25) is 4.79 Å². The molecule has 0 heterocycles. The van der Waals surface area contributed by atoms with Gasteiger partial charge in [0.1, 0.15) is 0 Å². The Kier molecular flexibility index (Phi) is 3.78. The molecule has 0 atom stereocenters. The van der Waals surface area contributed by atoms with Crippen LogP contribution in [0.4, 0.5) is 0 Å². The fraction of sp³-hybridized carbons (Fsp3) is 0.308. The van der Waals surface area contributed by atoms with E-state index in [-0.39, 0.29) is 5.91 Å². The molecule has 1 N–H and O–H groups in total. The van der Waals surface area contributed by atoms with Crippen LogP contribution in [0.3, 0.4) is 0 Å². The van der Waals surface area contributed by atoms with E-state index in [9.17, 15) is 4.79 Å². The van der Waals surface area contributed by atoms with E-state index in [4.69, 9.17) is 0 Å². The molecule has 1 aliphatic carbocycles. The minimum Gasteiger partial charge on any atom is -0.352 e. The maximum Gasteiger partial charge on any atom is 0.244 e. The molecule has 3 heteroatoms. The highest BCUT2D eigenvalue weighted by Gasteiger charge is 2.20. The van der Waals surface area contributed by atoms with Gasteiger partial charge in [-0.15, -0.1) is 0 Å². The number of rotatable bonds is 4. The van der Waals surface area contributed by atoms with Crippen LogP contribution in [-0.4, -0.2) is 12.5 Å². The highest BCUT2D eigenvalue weighted by Crippen LogP contribution is 2.27. The van der Waals surface area contributed by atoms with Crippen molar-refractivity contribution in [1.29, 1.82) is 0 Å². The Hall–Kier alpha value is -1.09. The molecule has 0 aliphatic heterocycles. The van der Waals surface area contributed by atoms with E-state index in [0.717, 1.165) is 22.5 Å². The first kappa shape index (κ1) is 11.4. The molecule has 1 fully saturated rings. The van der Waals surface area contributed by atoms with Crippen LogP contribution in [-0.2, 0) is 4.79 Å². The molecule has 0 saturated heterocycles. The number of carbonyl (C=O) groups excluding carboxylic acids is 1. The number of nitrogens with one attached hydrogen (secondary N) is 1. The van der Waals surface area contributed by atoms with Crippen LogP contribution in [0.15, 0.2) is 34.8 Å². The topological polar surface area (TPSA) is 29.1 Å². The summed E-state index contributed by atoms with van der Waals surface area (Å²) >= 11 is 3.37. The fourth-order valence-corrected chi connectivity index (χ4v) is 1.64. The highest BCUT2D eigenvalue weighted by atomic mass is 79.9. The first-order chi connectivity index (χ1) is 7.74. The molecule has 16 heavy (non-hydrogen) atoms. The summed E-state index contributed by atoms with van der Waals surface area (Å²) in [5.74, 6) is 0.722. The molecule has 0 unspecified atom stereocenters. The fourth-order valence-electron chi connectivity index (χ4n) is 1.37. The Bertz CT molecular complexity index is 393. The Labute approximate surface area is 104 Å². The van der Waals surface area contributed by atoms with Gasteiger partial charge in [-0.1, -0.05) is 28.1 Å². The maximum absolute atomic E-state index is 11.4. The van der Waals surface area contributed by atoms with E-state index >= 15 is 0 Å². The lowest BCUT2D eigenvalue weighted by molar-refractivity contribution is -0.116. The van der Waals surface area contributed by atoms with Crippen molar-refractivity contribution in [1.82, 2.24) is 5.32 Å². The zero-order valence-electron chi connectivity index (χ0n) is 8.95. The lowest BCUT2D eigenvalue weighted by Gasteiger charge is -1.98. The highest BCUT2D eigenvalue weighted by molar-refractivity contribution is 9.10. The van der Waals surface area contributed by atoms with Crippen molar-refractivity contribution in [2.45, 2.75) is 12.8 Å². The molecule has 1 amide bonds. The van der Waals surface area contributed by atoms with Gasteiger partial charge in [0.05, 0.1) is 0 Å². The lowest BCUT2D eigenvalue weighted by atomic mass is 10.2. The summed E-state index contributed by atoms with van der Waals surface area (Å²) in [6.07, 6.45) is 5.94. The van der Waals surface area contributed by atoms with Crippen LogP contribution in [0.1, 0.15) is 18.4 Å². The molecule has 1 aromatic rings. The Morgan fingerprint density at radius 1 is 1.38 bits per heavy atom. The molecule has 2 rings (SSSR count). The SMILES string of the molecule is O=C(/C=C/c1ccc(Br)cc1)NCC1CC1. The van der Waals surface area contributed by atoms with Crippen molar-refractivity contribution in [2.24, 2.45) is 5.92 Å². The van der Waals surface area contributed by atoms with Gasteiger partial charge in [-0.2, -0.15) is 0 Å². The number of hydrogen-bond acceptors (Lipinski definition) is 1. The minimum absolute atomic E-state index is 0.00480. The Morgan fingerprint density at radius 2 is 2.06 bits per heavy atom. The summed E-state index contributed by atoms with van der Waals surface area (Å²) in [5.41, 5.74) is 1.03. The lowest BCUT2D eigenvalue weighted by Crippen LogP contribution is -2.23. The maximum atomic E-state index is 11.4. The third-order valence-corrected chi connectivity index (χ3v) is 3.09. The van der Waals surface area contributed by atoms with Gasteiger partial charge in [0.2, 0.25) is 5.91 Å². The molecular weight excluding hydrogens is 266 g/mol. The van der Waals surface area contributed by atoms with Crippen LogP contribution < -0.4 is 5.32 Å². The van der Waals surface area contributed by atoms with Crippen molar-refractivity contribution < 1.29 is 4.79 Å². The van der Waals surface area contributed by atoms with Crippen LogP contribution in [0, 0.1) is 5.92 Å². The van der Waals surface area contributed by atoms with Gasteiger partial charge in [-0.05, 0) is 42.5 Å². The predicted molar refractivity (Wildman–Crippen MR) is 68.9 cm³/mol. The minimum atomic E-state index is -0.00480. The monoisotopic (exact) mass is 279 g/mol. The molecule has 0 spiro atoms. The molecule has 1 saturated carbocycles. The van der Waals surface area contributed by atoms with Gasteiger partial charge in [-0.25, -0.2) is 0 Å². The summed E-state index contributed by atoms with van der Waals surface area (Å²) in [6, 6.07) is 7.85. The molecule has 2 nitrogen and oxygen atoms in total. The zero-order valence-corrected chi connectivity index (χ0v) is 10.5. The summed E-state index contributed by atoms with van der Waals surface area (Å²) in [6.45, 7) is 0.823. The normalized spacial score (nSPS) is 15.3. The standard InChI is InChI=1S/C13H14BrNO/c14-12-6-3-10(4-7-12)5-8-13(16)15-9-11-1-2-11/h3-8,11H,1-2,9H2,(H,15,16)/b8-5+. The summed E-state index contributed by atoms with van der Waals surface area (Å²) in [4.78, 5) is 11.4. The van der Waals surface area contributed by atoms with Crippen molar-refractivity contribution in [3.63, 3.8) is 0 Å². The smallest absolute Gasteiger partial charge is 0.244 e. The predicted octanol–water partition coefficient (Wildman–Crippen LogP) is 2.99. The summed E-state index contributed by atoms with van der Waals surface area (Å²) < 4.78 is 1.04. The quantitative estimate of drug-likeness (QED) is 0.844. The van der Waals surface area contributed by atoms with Crippen LogP contribution in [0.2, 0.25) is 0 Å². The average molecular weight is 280 g/mol. The third-order valence-electron chi connectivity index (χ3n) is 2.56. The van der Waals surface area contributed by atoms with Crippen molar-refractivity contribution in [3.05, 3.63) is 40.4 Å².